The second-order valence-corrected chi connectivity index (χ2v) is 7.15. The molecular formula is C19H22N4O3S. The summed E-state index contributed by atoms with van der Waals surface area (Å²) in [4.78, 5) is 40.9. The van der Waals surface area contributed by atoms with E-state index in [0.29, 0.717) is 36.2 Å². The molecule has 0 fully saturated rings. The third-order valence-corrected chi connectivity index (χ3v) is 5.03. The predicted octanol–water partition coefficient (Wildman–Crippen LogP) is 1.60. The van der Waals surface area contributed by atoms with E-state index in [1.54, 1.807) is 36.0 Å². The molecule has 0 saturated carbocycles. The number of aromatic amines is 1. The Bertz CT molecular complexity index is 1020. The Balaban J connectivity index is 1.87. The summed E-state index contributed by atoms with van der Waals surface area (Å²) < 4.78 is 3.00. The fourth-order valence-corrected chi connectivity index (χ4v) is 3.47. The Morgan fingerprint density at radius 3 is 2.67 bits per heavy atom. The van der Waals surface area contributed by atoms with Gasteiger partial charge in [0, 0.05) is 25.5 Å². The van der Waals surface area contributed by atoms with Crippen molar-refractivity contribution in [2.45, 2.75) is 19.0 Å². The van der Waals surface area contributed by atoms with E-state index in [1.807, 2.05) is 35.3 Å². The molecule has 1 amide bonds. The lowest BCUT2D eigenvalue weighted by atomic mass is 10.2. The maximum Gasteiger partial charge on any atom is 0.329 e. The normalized spacial score (nSPS) is 12.2. The average molecular weight is 386 g/mol. The van der Waals surface area contributed by atoms with Gasteiger partial charge in [-0.05, 0) is 42.7 Å². The summed E-state index contributed by atoms with van der Waals surface area (Å²) in [5.41, 5.74) is -0.535. The first-order valence-corrected chi connectivity index (χ1v) is 10.1. The highest BCUT2D eigenvalue weighted by Crippen LogP contribution is 2.13. The zero-order valence-electron chi connectivity index (χ0n) is 15.1. The molecule has 0 saturated heterocycles. The molecule has 142 valence electrons. The fraction of sp³-hybridized carbons (Fsp3) is 0.316. The van der Waals surface area contributed by atoms with Gasteiger partial charge in [-0.2, -0.15) is 11.8 Å². The van der Waals surface area contributed by atoms with Crippen molar-refractivity contribution in [3.63, 3.8) is 0 Å². The van der Waals surface area contributed by atoms with Crippen LogP contribution in [0.5, 0.6) is 0 Å². The number of rotatable bonds is 8. The molecule has 1 atom stereocenters. The van der Waals surface area contributed by atoms with E-state index in [-0.39, 0.29) is 5.91 Å². The van der Waals surface area contributed by atoms with Gasteiger partial charge < -0.3 is 14.9 Å². The number of aromatic nitrogens is 3. The Kier molecular flexibility index (Phi) is 6.18. The van der Waals surface area contributed by atoms with E-state index in [0.717, 1.165) is 4.57 Å². The number of amides is 1. The zero-order valence-corrected chi connectivity index (χ0v) is 15.9. The summed E-state index contributed by atoms with van der Waals surface area (Å²) in [6.45, 7) is 1.04. The molecular weight excluding hydrogens is 364 g/mol. The van der Waals surface area contributed by atoms with E-state index < -0.39 is 17.3 Å². The van der Waals surface area contributed by atoms with Gasteiger partial charge in [0.25, 0.3) is 5.56 Å². The minimum atomic E-state index is -0.844. The van der Waals surface area contributed by atoms with Crippen molar-refractivity contribution in [1.82, 2.24) is 19.4 Å². The lowest BCUT2D eigenvalue weighted by Gasteiger charge is -2.19. The molecule has 7 nitrogen and oxygen atoms in total. The van der Waals surface area contributed by atoms with Crippen LogP contribution in [0.1, 0.15) is 12.5 Å². The van der Waals surface area contributed by atoms with Crippen molar-refractivity contribution in [1.29, 1.82) is 0 Å². The van der Waals surface area contributed by atoms with E-state index in [2.05, 4.69) is 10.3 Å². The van der Waals surface area contributed by atoms with Gasteiger partial charge >= 0.3 is 5.69 Å². The highest BCUT2D eigenvalue weighted by molar-refractivity contribution is 7.98. The smallest absolute Gasteiger partial charge is 0.329 e. The molecule has 0 aliphatic carbocycles. The molecule has 2 N–H and O–H groups in total. The van der Waals surface area contributed by atoms with Crippen LogP contribution in [0.2, 0.25) is 0 Å². The number of thioether (sulfide) groups is 1. The molecule has 3 aromatic rings. The van der Waals surface area contributed by atoms with Gasteiger partial charge in [-0.15, -0.1) is 0 Å². The van der Waals surface area contributed by atoms with Gasteiger partial charge in [0.15, 0.2) is 0 Å². The van der Waals surface area contributed by atoms with Crippen LogP contribution in [0.15, 0.2) is 58.4 Å². The summed E-state index contributed by atoms with van der Waals surface area (Å²) >= 11 is 1.57. The molecule has 1 aromatic carbocycles. The minimum absolute atomic E-state index is 0.320. The van der Waals surface area contributed by atoms with Crippen LogP contribution in [0.4, 0.5) is 0 Å². The number of hydrogen-bond donors (Lipinski definition) is 2. The lowest BCUT2D eigenvalue weighted by molar-refractivity contribution is -0.124. The topological polar surface area (TPSA) is 88.9 Å². The van der Waals surface area contributed by atoms with Crippen LogP contribution in [0.3, 0.4) is 0 Å². The van der Waals surface area contributed by atoms with Crippen molar-refractivity contribution in [3.8, 4) is 0 Å². The summed E-state index contributed by atoms with van der Waals surface area (Å²) in [6, 6.07) is 9.80. The second kappa shape index (κ2) is 8.77. The molecule has 2 aromatic heterocycles. The minimum Gasteiger partial charge on any atom is -0.353 e. The van der Waals surface area contributed by atoms with Crippen molar-refractivity contribution >= 4 is 28.6 Å². The largest absolute Gasteiger partial charge is 0.353 e. The summed E-state index contributed by atoms with van der Waals surface area (Å²) in [5.74, 6) is 0.341. The number of nitrogens with zero attached hydrogens (tertiary/aromatic N) is 2. The molecule has 0 unspecified atom stereocenters. The SMILES string of the molecule is CSCC[C@@H](C(=O)NCCn1cccc1)n1c(=O)[nH]c2ccccc2c1=O. The van der Waals surface area contributed by atoms with E-state index in [9.17, 15) is 14.4 Å². The van der Waals surface area contributed by atoms with Gasteiger partial charge in [-0.1, -0.05) is 12.1 Å². The first-order valence-electron chi connectivity index (χ1n) is 8.73. The molecule has 27 heavy (non-hydrogen) atoms. The van der Waals surface area contributed by atoms with E-state index in [1.165, 1.54) is 0 Å². The molecule has 2 heterocycles. The van der Waals surface area contributed by atoms with Crippen LogP contribution >= 0.6 is 11.8 Å². The maximum atomic E-state index is 12.9. The van der Waals surface area contributed by atoms with Gasteiger partial charge in [0.05, 0.1) is 10.9 Å². The van der Waals surface area contributed by atoms with E-state index in [4.69, 9.17) is 0 Å². The van der Waals surface area contributed by atoms with Crippen LogP contribution < -0.4 is 16.6 Å². The Hall–Kier alpha value is -2.74. The third kappa shape index (κ3) is 4.33. The number of para-hydroxylation sites is 1. The third-order valence-electron chi connectivity index (χ3n) is 4.38. The standard InChI is InChI=1S/C19H22N4O3S/c1-27-13-8-16(17(24)20-9-12-22-10-4-5-11-22)23-18(25)14-6-2-3-7-15(14)21-19(23)26/h2-7,10-11,16H,8-9,12-13H2,1H3,(H,20,24)(H,21,26)/t16-/m0/s1. The van der Waals surface area contributed by atoms with Crippen molar-refractivity contribution in [3.05, 3.63) is 69.6 Å². The Labute approximate surface area is 160 Å². The van der Waals surface area contributed by atoms with Crippen LogP contribution in [-0.4, -0.2) is 38.6 Å². The average Bonchev–Trinajstić information content (AvgIpc) is 3.17. The molecule has 0 spiro atoms. The fourth-order valence-electron chi connectivity index (χ4n) is 3.01. The van der Waals surface area contributed by atoms with Crippen LogP contribution in [0.25, 0.3) is 10.9 Å². The van der Waals surface area contributed by atoms with Crippen LogP contribution in [-0.2, 0) is 11.3 Å². The summed E-state index contributed by atoms with van der Waals surface area (Å²) in [5, 5.41) is 3.24. The zero-order chi connectivity index (χ0) is 19.2. The van der Waals surface area contributed by atoms with Gasteiger partial charge in [-0.3, -0.25) is 9.59 Å². The molecule has 0 bridgehead atoms. The Morgan fingerprint density at radius 2 is 1.93 bits per heavy atom. The number of carbonyl (C=O) groups is 1. The monoisotopic (exact) mass is 386 g/mol. The highest BCUT2D eigenvalue weighted by Gasteiger charge is 2.24. The number of benzene rings is 1. The molecule has 0 aliphatic rings. The number of hydrogen-bond acceptors (Lipinski definition) is 4. The first-order chi connectivity index (χ1) is 13.1. The van der Waals surface area contributed by atoms with Gasteiger partial charge in [-0.25, -0.2) is 9.36 Å². The van der Waals surface area contributed by atoms with E-state index >= 15 is 0 Å². The molecule has 0 radical (unpaired) electrons. The number of fused-ring (bicyclic) bond motifs is 1. The predicted molar refractivity (Wildman–Crippen MR) is 108 cm³/mol. The number of nitrogens with one attached hydrogen (secondary N) is 2. The molecule has 8 heteroatoms. The first kappa shape index (κ1) is 19.0. The van der Waals surface area contributed by atoms with Crippen molar-refractivity contribution in [2.24, 2.45) is 0 Å². The number of H-pyrrole nitrogens is 1. The quantitative estimate of drug-likeness (QED) is 0.615. The second-order valence-electron chi connectivity index (χ2n) is 6.16. The highest BCUT2D eigenvalue weighted by atomic mass is 32.2. The molecule has 0 aliphatic heterocycles. The number of carbonyl (C=O) groups excluding carboxylic acids is 1. The summed E-state index contributed by atoms with van der Waals surface area (Å²) in [7, 11) is 0. The van der Waals surface area contributed by atoms with Gasteiger partial charge in [0.2, 0.25) is 5.91 Å². The van der Waals surface area contributed by atoms with Gasteiger partial charge in [0.1, 0.15) is 6.04 Å². The van der Waals surface area contributed by atoms with Crippen molar-refractivity contribution < 1.29 is 4.79 Å². The molecule has 3 rings (SSSR count). The summed E-state index contributed by atoms with van der Waals surface area (Å²) in [6.07, 6.45) is 6.15. The lowest BCUT2D eigenvalue weighted by Crippen LogP contribution is -2.45. The maximum absolute atomic E-state index is 12.9. The van der Waals surface area contributed by atoms with Crippen molar-refractivity contribution in [2.75, 3.05) is 18.6 Å². The van der Waals surface area contributed by atoms with Crippen LogP contribution in [0, 0.1) is 0 Å². The Morgan fingerprint density at radius 1 is 1.19 bits per heavy atom.